The van der Waals surface area contributed by atoms with Crippen molar-refractivity contribution in [2.75, 3.05) is 26.2 Å². The molecule has 2 atom stereocenters. The minimum Gasteiger partial charge on any atom is -0.492 e. The summed E-state index contributed by atoms with van der Waals surface area (Å²) in [5.74, 6) is 1.82. The van der Waals surface area contributed by atoms with Gasteiger partial charge in [-0.05, 0) is 55.0 Å². The minimum absolute atomic E-state index is 0.109. The Balaban J connectivity index is 1.51. The lowest BCUT2D eigenvalue weighted by Crippen LogP contribution is -2.44. The van der Waals surface area contributed by atoms with Crippen LogP contribution in [-0.2, 0) is 4.79 Å². The van der Waals surface area contributed by atoms with Gasteiger partial charge in [-0.15, -0.1) is 0 Å². The Kier molecular flexibility index (Phi) is 8.04. The van der Waals surface area contributed by atoms with Crippen LogP contribution < -0.4 is 14.8 Å². The van der Waals surface area contributed by atoms with Gasteiger partial charge in [-0.1, -0.05) is 30.1 Å². The second-order valence-electron chi connectivity index (χ2n) is 6.96. The van der Waals surface area contributed by atoms with Gasteiger partial charge in [0.25, 0.3) is 0 Å². The molecule has 1 heterocycles. The number of nitrogens with one attached hydrogen (secondary N) is 1. The van der Waals surface area contributed by atoms with Crippen LogP contribution in [0.4, 0.5) is 0 Å². The van der Waals surface area contributed by atoms with Crippen molar-refractivity contribution >= 4 is 29.1 Å². The summed E-state index contributed by atoms with van der Waals surface area (Å²) in [5.41, 5.74) is 0. The van der Waals surface area contributed by atoms with Crippen LogP contribution in [0.5, 0.6) is 11.5 Å². The molecule has 0 bridgehead atoms. The highest BCUT2D eigenvalue weighted by atomic mass is 35.5. The van der Waals surface area contributed by atoms with Crippen LogP contribution >= 0.6 is 23.2 Å². The topological polar surface area (TPSA) is 50.8 Å². The molecule has 2 unspecified atom stereocenters. The fraction of sp³-hybridized carbons (Fsp3) is 0.409. The Morgan fingerprint density at radius 3 is 2.31 bits per heavy atom. The van der Waals surface area contributed by atoms with E-state index in [1.807, 2.05) is 36.1 Å². The highest BCUT2D eigenvalue weighted by molar-refractivity contribution is 6.30. The van der Waals surface area contributed by atoms with Crippen molar-refractivity contribution in [1.82, 2.24) is 10.2 Å². The molecule has 1 aliphatic rings. The maximum absolute atomic E-state index is 12.3. The van der Waals surface area contributed by atoms with Crippen LogP contribution in [0.15, 0.2) is 48.5 Å². The first-order valence-electron chi connectivity index (χ1n) is 9.87. The van der Waals surface area contributed by atoms with Gasteiger partial charge >= 0.3 is 0 Å². The number of amides is 1. The van der Waals surface area contributed by atoms with Crippen molar-refractivity contribution in [3.63, 3.8) is 0 Å². The summed E-state index contributed by atoms with van der Waals surface area (Å²) >= 11 is 11.8. The first-order valence-corrected chi connectivity index (χ1v) is 10.6. The largest absolute Gasteiger partial charge is 0.492 e. The average molecular weight is 437 g/mol. The Labute approximate surface area is 181 Å². The van der Waals surface area contributed by atoms with Crippen molar-refractivity contribution in [2.24, 2.45) is 5.92 Å². The number of benzene rings is 2. The van der Waals surface area contributed by atoms with Gasteiger partial charge in [0.2, 0.25) is 5.91 Å². The predicted octanol–water partition coefficient (Wildman–Crippen LogP) is 4.63. The van der Waals surface area contributed by atoms with E-state index in [1.165, 1.54) is 0 Å². The van der Waals surface area contributed by atoms with Crippen LogP contribution in [0.25, 0.3) is 0 Å². The molecule has 0 saturated carbocycles. The van der Waals surface area contributed by atoms with E-state index >= 15 is 0 Å². The molecule has 1 amide bonds. The first kappa shape index (κ1) is 21.8. The van der Waals surface area contributed by atoms with E-state index in [0.717, 1.165) is 18.7 Å². The van der Waals surface area contributed by atoms with Gasteiger partial charge < -0.3 is 19.7 Å². The van der Waals surface area contributed by atoms with E-state index in [9.17, 15) is 4.79 Å². The van der Waals surface area contributed by atoms with Gasteiger partial charge in [-0.2, -0.15) is 0 Å². The minimum atomic E-state index is -0.284. The second kappa shape index (κ2) is 10.7. The molecular weight excluding hydrogens is 411 g/mol. The molecule has 0 radical (unpaired) electrons. The molecule has 1 fully saturated rings. The Morgan fingerprint density at radius 1 is 1.07 bits per heavy atom. The van der Waals surface area contributed by atoms with E-state index in [-0.39, 0.29) is 18.1 Å². The summed E-state index contributed by atoms with van der Waals surface area (Å²) in [5, 5.41) is 4.77. The molecule has 0 aromatic heterocycles. The van der Waals surface area contributed by atoms with Crippen molar-refractivity contribution in [3.05, 3.63) is 58.6 Å². The van der Waals surface area contributed by atoms with Crippen molar-refractivity contribution < 1.29 is 14.3 Å². The van der Waals surface area contributed by atoms with E-state index < -0.39 is 0 Å². The third-order valence-electron chi connectivity index (χ3n) is 4.91. The zero-order chi connectivity index (χ0) is 20.6. The zero-order valence-corrected chi connectivity index (χ0v) is 18.0. The summed E-state index contributed by atoms with van der Waals surface area (Å²) in [7, 11) is 0. The summed E-state index contributed by atoms with van der Waals surface area (Å²) in [4.78, 5) is 14.2. The predicted molar refractivity (Wildman–Crippen MR) is 116 cm³/mol. The number of rotatable bonds is 9. The number of likely N-dealkylation sites (tertiary alicyclic amines) is 1. The molecule has 2 aromatic rings. The quantitative estimate of drug-likeness (QED) is 0.582. The summed E-state index contributed by atoms with van der Waals surface area (Å²) in [6.45, 7) is 4.58. The SMILES string of the molecule is CCC(=O)N1CCC(CNCCOc2ccc(Cl)cc2)C1Oc1ccc(Cl)cc1. The van der Waals surface area contributed by atoms with Crippen molar-refractivity contribution in [3.8, 4) is 11.5 Å². The molecule has 29 heavy (non-hydrogen) atoms. The standard InChI is InChI=1S/C22H26Cl2N2O3/c1-2-21(27)26-13-11-16(22(26)29-20-9-5-18(24)6-10-20)15-25-12-14-28-19-7-3-17(23)4-8-19/h3-10,16,22,25H,2,11-15H2,1H3. The highest BCUT2D eigenvalue weighted by Crippen LogP contribution is 2.28. The molecule has 0 spiro atoms. The number of hydrogen-bond acceptors (Lipinski definition) is 4. The normalized spacial score (nSPS) is 18.7. The number of nitrogens with zero attached hydrogens (tertiary/aromatic N) is 1. The highest BCUT2D eigenvalue weighted by Gasteiger charge is 2.37. The third-order valence-corrected chi connectivity index (χ3v) is 5.42. The van der Waals surface area contributed by atoms with Crippen molar-refractivity contribution in [1.29, 1.82) is 0 Å². The lowest BCUT2D eigenvalue weighted by atomic mass is 10.1. The van der Waals surface area contributed by atoms with Crippen molar-refractivity contribution in [2.45, 2.75) is 26.0 Å². The monoisotopic (exact) mass is 436 g/mol. The molecule has 0 aliphatic carbocycles. The Morgan fingerprint density at radius 2 is 1.69 bits per heavy atom. The fourth-order valence-electron chi connectivity index (χ4n) is 3.37. The molecule has 2 aromatic carbocycles. The zero-order valence-electron chi connectivity index (χ0n) is 16.4. The smallest absolute Gasteiger partial charge is 0.225 e. The van der Waals surface area contributed by atoms with Gasteiger partial charge in [0.15, 0.2) is 6.23 Å². The summed E-state index contributed by atoms with van der Waals surface area (Å²) in [6.07, 6.45) is 1.08. The molecular formula is C22H26Cl2N2O3. The fourth-order valence-corrected chi connectivity index (χ4v) is 3.63. The molecule has 156 valence electrons. The number of carbonyl (C=O) groups is 1. The maximum Gasteiger partial charge on any atom is 0.225 e. The van der Waals surface area contributed by atoms with Crippen LogP contribution in [0.3, 0.4) is 0 Å². The number of ether oxygens (including phenoxy) is 2. The van der Waals surface area contributed by atoms with Gasteiger partial charge in [0.1, 0.15) is 18.1 Å². The van der Waals surface area contributed by atoms with Crippen LogP contribution in [0.1, 0.15) is 19.8 Å². The van der Waals surface area contributed by atoms with E-state index in [0.29, 0.717) is 41.9 Å². The van der Waals surface area contributed by atoms with Gasteiger partial charge in [0.05, 0.1) is 0 Å². The Hall–Kier alpha value is -1.95. The molecule has 7 heteroatoms. The van der Waals surface area contributed by atoms with Gasteiger partial charge in [-0.3, -0.25) is 4.79 Å². The number of hydrogen-bond donors (Lipinski definition) is 1. The van der Waals surface area contributed by atoms with E-state index in [1.54, 1.807) is 24.3 Å². The molecule has 1 aliphatic heterocycles. The third kappa shape index (κ3) is 6.26. The summed E-state index contributed by atoms with van der Waals surface area (Å²) < 4.78 is 11.9. The van der Waals surface area contributed by atoms with Crippen LogP contribution in [0.2, 0.25) is 10.0 Å². The Bertz CT molecular complexity index is 784. The molecule has 1 N–H and O–H groups in total. The van der Waals surface area contributed by atoms with Gasteiger partial charge in [-0.25, -0.2) is 0 Å². The number of carbonyl (C=O) groups excluding carboxylic acids is 1. The first-order chi connectivity index (χ1) is 14.1. The maximum atomic E-state index is 12.3. The van der Waals surface area contributed by atoms with Crippen LogP contribution in [-0.4, -0.2) is 43.3 Å². The lowest BCUT2D eigenvalue weighted by molar-refractivity contribution is -0.137. The lowest BCUT2D eigenvalue weighted by Gasteiger charge is -2.29. The molecule has 3 rings (SSSR count). The average Bonchev–Trinajstić information content (AvgIpc) is 3.12. The van der Waals surface area contributed by atoms with Crippen LogP contribution in [0, 0.1) is 5.92 Å². The number of halogens is 2. The van der Waals surface area contributed by atoms with Gasteiger partial charge in [0, 0.05) is 42.0 Å². The molecule has 1 saturated heterocycles. The van der Waals surface area contributed by atoms with E-state index in [4.69, 9.17) is 32.7 Å². The summed E-state index contributed by atoms with van der Waals surface area (Å²) in [6, 6.07) is 14.6. The second-order valence-corrected chi connectivity index (χ2v) is 7.83. The molecule has 5 nitrogen and oxygen atoms in total. The van der Waals surface area contributed by atoms with E-state index in [2.05, 4.69) is 5.32 Å².